The standard InChI is InChI=1S/C25H19FN2O6S/c1-16(29)33-22-5-3-4-6-23(22)34-25(30)21-15-28(19-11-9-18(26)10-12-19)27-24(21)17-7-13-20(14-8-17)35(2,31)32/h3-15H,1-2H3. The van der Waals surface area contributed by atoms with Gasteiger partial charge in [0.25, 0.3) is 0 Å². The van der Waals surface area contributed by atoms with Crippen LogP contribution in [0.5, 0.6) is 11.5 Å². The van der Waals surface area contributed by atoms with Crippen LogP contribution in [0.3, 0.4) is 0 Å². The van der Waals surface area contributed by atoms with Crippen LogP contribution in [-0.2, 0) is 14.6 Å². The molecule has 35 heavy (non-hydrogen) atoms. The molecule has 1 aromatic heterocycles. The number of para-hydroxylation sites is 2. The summed E-state index contributed by atoms with van der Waals surface area (Å²) in [5.41, 5.74) is 1.21. The lowest BCUT2D eigenvalue weighted by atomic mass is 10.1. The second kappa shape index (κ2) is 9.51. The van der Waals surface area contributed by atoms with Crippen LogP contribution in [0.1, 0.15) is 17.3 Å². The smallest absolute Gasteiger partial charge is 0.347 e. The molecule has 1 heterocycles. The van der Waals surface area contributed by atoms with E-state index < -0.39 is 27.6 Å². The number of aromatic nitrogens is 2. The Morgan fingerprint density at radius 2 is 1.49 bits per heavy atom. The molecule has 4 rings (SSSR count). The molecule has 8 nitrogen and oxygen atoms in total. The van der Waals surface area contributed by atoms with Crippen molar-refractivity contribution in [3.63, 3.8) is 0 Å². The van der Waals surface area contributed by atoms with Gasteiger partial charge in [-0.2, -0.15) is 5.10 Å². The quantitative estimate of drug-likeness (QED) is 0.292. The van der Waals surface area contributed by atoms with Gasteiger partial charge in [-0.1, -0.05) is 24.3 Å². The molecule has 178 valence electrons. The molecule has 0 radical (unpaired) electrons. The Balaban J connectivity index is 1.77. The highest BCUT2D eigenvalue weighted by Crippen LogP contribution is 2.30. The molecular weight excluding hydrogens is 475 g/mol. The number of rotatable bonds is 6. The Hall–Kier alpha value is -4.31. The van der Waals surface area contributed by atoms with Crippen molar-refractivity contribution >= 4 is 21.8 Å². The van der Waals surface area contributed by atoms with Gasteiger partial charge in [0.05, 0.1) is 10.6 Å². The first-order valence-corrected chi connectivity index (χ1v) is 12.2. The van der Waals surface area contributed by atoms with Gasteiger partial charge in [0, 0.05) is 24.9 Å². The third kappa shape index (κ3) is 5.44. The molecule has 0 aliphatic carbocycles. The first-order valence-electron chi connectivity index (χ1n) is 10.3. The van der Waals surface area contributed by atoms with E-state index in [0.717, 1.165) is 6.26 Å². The molecule has 0 bridgehead atoms. The lowest BCUT2D eigenvalue weighted by Gasteiger charge is -2.09. The number of halogens is 1. The third-order valence-corrected chi connectivity index (χ3v) is 6.02. The average Bonchev–Trinajstić information content (AvgIpc) is 3.26. The number of hydrogen-bond acceptors (Lipinski definition) is 7. The fourth-order valence-corrected chi connectivity index (χ4v) is 3.88. The van der Waals surface area contributed by atoms with Crippen molar-refractivity contribution in [3.05, 3.63) is 90.4 Å². The Labute approximate surface area is 200 Å². The van der Waals surface area contributed by atoms with E-state index in [4.69, 9.17) is 9.47 Å². The Morgan fingerprint density at radius 3 is 2.06 bits per heavy atom. The Bertz CT molecular complexity index is 1510. The van der Waals surface area contributed by atoms with Gasteiger partial charge in [-0.25, -0.2) is 22.3 Å². The molecule has 0 saturated carbocycles. The van der Waals surface area contributed by atoms with Crippen molar-refractivity contribution < 1.29 is 31.9 Å². The summed E-state index contributed by atoms with van der Waals surface area (Å²) in [6, 6.07) is 17.6. The number of benzene rings is 3. The summed E-state index contributed by atoms with van der Waals surface area (Å²) in [7, 11) is -3.42. The minimum atomic E-state index is -3.42. The molecule has 0 aliphatic rings. The topological polar surface area (TPSA) is 105 Å². The van der Waals surface area contributed by atoms with Crippen molar-refractivity contribution in [2.75, 3.05) is 6.26 Å². The van der Waals surface area contributed by atoms with E-state index in [1.165, 1.54) is 78.5 Å². The summed E-state index contributed by atoms with van der Waals surface area (Å²) in [4.78, 5) is 24.7. The zero-order valence-electron chi connectivity index (χ0n) is 18.6. The normalized spacial score (nSPS) is 11.2. The lowest BCUT2D eigenvalue weighted by molar-refractivity contribution is -0.132. The van der Waals surface area contributed by atoms with E-state index in [9.17, 15) is 22.4 Å². The summed E-state index contributed by atoms with van der Waals surface area (Å²) in [6.45, 7) is 1.23. The van der Waals surface area contributed by atoms with E-state index in [-0.39, 0.29) is 27.7 Å². The van der Waals surface area contributed by atoms with E-state index >= 15 is 0 Å². The number of sulfone groups is 1. The molecule has 4 aromatic rings. The Morgan fingerprint density at radius 1 is 0.886 bits per heavy atom. The van der Waals surface area contributed by atoms with Gasteiger partial charge in [-0.3, -0.25) is 4.79 Å². The van der Waals surface area contributed by atoms with E-state index in [2.05, 4.69) is 5.10 Å². The van der Waals surface area contributed by atoms with Gasteiger partial charge in [-0.05, 0) is 48.5 Å². The average molecular weight is 495 g/mol. The molecular formula is C25H19FN2O6S. The molecule has 0 N–H and O–H groups in total. The highest BCUT2D eigenvalue weighted by molar-refractivity contribution is 7.90. The number of hydrogen-bond donors (Lipinski definition) is 0. The van der Waals surface area contributed by atoms with Crippen LogP contribution in [0.25, 0.3) is 16.9 Å². The van der Waals surface area contributed by atoms with Crippen molar-refractivity contribution in [2.24, 2.45) is 0 Å². The minimum absolute atomic E-state index is 0.0283. The van der Waals surface area contributed by atoms with Crippen molar-refractivity contribution in [1.82, 2.24) is 9.78 Å². The van der Waals surface area contributed by atoms with E-state index in [1.54, 1.807) is 12.1 Å². The molecule has 0 spiro atoms. The van der Waals surface area contributed by atoms with Crippen LogP contribution in [-0.4, -0.2) is 36.4 Å². The van der Waals surface area contributed by atoms with Gasteiger partial charge >= 0.3 is 11.9 Å². The van der Waals surface area contributed by atoms with Crippen LogP contribution in [0.4, 0.5) is 4.39 Å². The van der Waals surface area contributed by atoms with Gasteiger partial charge in [0.1, 0.15) is 17.1 Å². The van der Waals surface area contributed by atoms with Crippen molar-refractivity contribution in [2.45, 2.75) is 11.8 Å². The van der Waals surface area contributed by atoms with Crippen molar-refractivity contribution in [1.29, 1.82) is 0 Å². The first kappa shape index (κ1) is 23.8. The second-order valence-corrected chi connectivity index (χ2v) is 9.55. The van der Waals surface area contributed by atoms with Gasteiger partial charge in [0.2, 0.25) is 0 Å². The molecule has 0 saturated heterocycles. The molecule has 0 amide bonds. The maximum Gasteiger partial charge on any atom is 0.347 e. The predicted octanol–water partition coefficient (Wildman–Crippen LogP) is 4.23. The zero-order chi connectivity index (χ0) is 25.2. The van der Waals surface area contributed by atoms with Crippen LogP contribution in [0.2, 0.25) is 0 Å². The summed E-state index contributed by atoms with van der Waals surface area (Å²) in [5.74, 6) is -1.71. The number of nitrogens with zero attached hydrogens (tertiary/aromatic N) is 2. The second-order valence-electron chi connectivity index (χ2n) is 7.54. The maximum absolute atomic E-state index is 13.4. The van der Waals surface area contributed by atoms with Crippen LogP contribution in [0.15, 0.2) is 83.9 Å². The largest absolute Gasteiger partial charge is 0.423 e. The van der Waals surface area contributed by atoms with E-state index in [1.807, 2.05) is 0 Å². The number of ether oxygens (including phenoxy) is 2. The number of carbonyl (C=O) groups excluding carboxylic acids is 2. The number of carbonyl (C=O) groups is 2. The SMILES string of the molecule is CC(=O)Oc1ccccc1OC(=O)c1cn(-c2ccc(F)cc2)nc1-c1ccc(S(C)(=O)=O)cc1. The fourth-order valence-electron chi connectivity index (χ4n) is 3.25. The first-order chi connectivity index (χ1) is 16.6. The van der Waals surface area contributed by atoms with Gasteiger partial charge in [-0.15, -0.1) is 0 Å². The van der Waals surface area contributed by atoms with Crippen molar-refractivity contribution in [3.8, 4) is 28.4 Å². The van der Waals surface area contributed by atoms with Crippen LogP contribution < -0.4 is 9.47 Å². The Kier molecular flexibility index (Phi) is 6.48. The lowest BCUT2D eigenvalue weighted by Crippen LogP contribution is -2.11. The molecule has 10 heteroatoms. The van der Waals surface area contributed by atoms with Crippen LogP contribution in [0, 0.1) is 5.82 Å². The summed E-state index contributed by atoms with van der Waals surface area (Å²) in [6.07, 6.45) is 2.51. The highest BCUT2D eigenvalue weighted by atomic mass is 32.2. The van der Waals surface area contributed by atoms with E-state index in [0.29, 0.717) is 11.3 Å². The van der Waals surface area contributed by atoms with Gasteiger partial charge in [0.15, 0.2) is 21.3 Å². The molecule has 0 atom stereocenters. The molecule has 3 aromatic carbocycles. The minimum Gasteiger partial charge on any atom is -0.423 e. The predicted molar refractivity (Wildman–Crippen MR) is 125 cm³/mol. The van der Waals surface area contributed by atoms with Crippen LogP contribution >= 0.6 is 0 Å². The summed E-state index contributed by atoms with van der Waals surface area (Å²) < 4.78 is 49.0. The fraction of sp³-hybridized carbons (Fsp3) is 0.0800. The molecule has 0 aliphatic heterocycles. The molecule has 0 fully saturated rings. The monoisotopic (exact) mass is 494 g/mol. The highest BCUT2D eigenvalue weighted by Gasteiger charge is 2.22. The molecule has 0 unspecified atom stereocenters. The maximum atomic E-state index is 13.4. The zero-order valence-corrected chi connectivity index (χ0v) is 19.5. The third-order valence-electron chi connectivity index (χ3n) is 4.89. The van der Waals surface area contributed by atoms with Gasteiger partial charge < -0.3 is 9.47 Å². The summed E-state index contributed by atoms with van der Waals surface area (Å²) >= 11 is 0. The summed E-state index contributed by atoms with van der Waals surface area (Å²) in [5, 5.41) is 4.46. The number of esters is 2.